The van der Waals surface area contributed by atoms with Crippen LogP contribution in [0.1, 0.15) is 41.8 Å². The Hall–Kier alpha value is -1.81. The molecule has 0 saturated heterocycles. The number of benzene rings is 1. The number of amides is 1. The zero-order chi connectivity index (χ0) is 15.7. The second kappa shape index (κ2) is 5.76. The summed E-state index contributed by atoms with van der Waals surface area (Å²) in [6.45, 7) is 3.69. The average Bonchev–Trinajstić information content (AvgIpc) is 2.76. The van der Waals surface area contributed by atoms with Gasteiger partial charge in [0.15, 0.2) is 0 Å². The van der Waals surface area contributed by atoms with E-state index in [1.807, 2.05) is 38.1 Å². The van der Waals surface area contributed by atoms with Gasteiger partial charge < -0.3 is 9.84 Å². The third-order valence-electron chi connectivity index (χ3n) is 4.50. The number of aromatic nitrogens is 1. The van der Waals surface area contributed by atoms with E-state index in [-0.39, 0.29) is 11.4 Å². The summed E-state index contributed by atoms with van der Waals surface area (Å²) in [5, 5.41) is 7.81. The lowest BCUT2D eigenvalue weighted by Crippen LogP contribution is -2.51. The highest BCUT2D eigenvalue weighted by Gasteiger charge is 2.40. The van der Waals surface area contributed by atoms with Gasteiger partial charge in [0.2, 0.25) is 5.91 Å². The zero-order valence-corrected chi connectivity index (χ0v) is 13.5. The van der Waals surface area contributed by atoms with Crippen molar-refractivity contribution in [3.63, 3.8) is 0 Å². The Labute approximate surface area is 134 Å². The Kier molecular flexibility index (Phi) is 3.96. The van der Waals surface area contributed by atoms with Crippen LogP contribution in [0.15, 0.2) is 28.8 Å². The van der Waals surface area contributed by atoms with E-state index in [0.717, 1.165) is 36.1 Å². The molecule has 0 unspecified atom stereocenters. The third kappa shape index (κ3) is 2.75. The number of aryl methyl sites for hydroxylation is 2. The number of halogens is 1. The molecule has 1 heterocycles. The van der Waals surface area contributed by atoms with Crippen LogP contribution in [0.5, 0.6) is 0 Å². The van der Waals surface area contributed by atoms with Gasteiger partial charge in [-0.15, -0.1) is 0 Å². The van der Waals surface area contributed by atoms with Crippen LogP contribution in [-0.2, 0) is 16.8 Å². The standard InChI is InChI=1S/C17H19ClN2O2/c1-11-15(12(2)22-20-11)10-16(21)19-17(8-3-9-17)13-4-6-14(18)7-5-13/h4-7H,3,8-10H2,1-2H3,(H,19,21). The number of nitrogens with one attached hydrogen (secondary N) is 1. The lowest BCUT2D eigenvalue weighted by molar-refractivity contribution is -0.123. The quantitative estimate of drug-likeness (QED) is 0.935. The smallest absolute Gasteiger partial charge is 0.225 e. The van der Waals surface area contributed by atoms with Crippen LogP contribution < -0.4 is 5.32 Å². The first kappa shape index (κ1) is 15.1. The lowest BCUT2D eigenvalue weighted by Gasteiger charge is -2.43. The van der Waals surface area contributed by atoms with Crippen molar-refractivity contribution in [3.8, 4) is 0 Å². The highest BCUT2D eigenvalue weighted by atomic mass is 35.5. The molecule has 2 aromatic rings. The highest BCUT2D eigenvalue weighted by Crippen LogP contribution is 2.41. The van der Waals surface area contributed by atoms with E-state index in [1.54, 1.807) is 0 Å². The molecule has 22 heavy (non-hydrogen) atoms. The van der Waals surface area contributed by atoms with Crippen molar-refractivity contribution in [1.29, 1.82) is 0 Å². The first-order valence-corrected chi connectivity index (χ1v) is 7.87. The van der Waals surface area contributed by atoms with Crippen LogP contribution in [0, 0.1) is 13.8 Å². The molecule has 0 spiro atoms. The minimum Gasteiger partial charge on any atom is -0.361 e. The van der Waals surface area contributed by atoms with Gasteiger partial charge in [-0.2, -0.15) is 0 Å². The maximum Gasteiger partial charge on any atom is 0.225 e. The van der Waals surface area contributed by atoms with Gasteiger partial charge in [0.05, 0.1) is 17.7 Å². The summed E-state index contributed by atoms with van der Waals surface area (Å²) in [7, 11) is 0. The summed E-state index contributed by atoms with van der Waals surface area (Å²) in [6, 6.07) is 7.74. The van der Waals surface area contributed by atoms with Gasteiger partial charge >= 0.3 is 0 Å². The van der Waals surface area contributed by atoms with Crippen molar-refractivity contribution in [3.05, 3.63) is 51.9 Å². The molecule has 1 N–H and O–H groups in total. The van der Waals surface area contributed by atoms with Crippen molar-refractivity contribution in [2.75, 3.05) is 0 Å². The maximum absolute atomic E-state index is 12.5. The molecular weight excluding hydrogens is 300 g/mol. The van der Waals surface area contributed by atoms with Crippen molar-refractivity contribution >= 4 is 17.5 Å². The summed E-state index contributed by atoms with van der Waals surface area (Å²) in [5.41, 5.74) is 2.53. The lowest BCUT2D eigenvalue weighted by atomic mass is 9.71. The van der Waals surface area contributed by atoms with E-state index < -0.39 is 0 Å². The van der Waals surface area contributed by atoms with E-state index in [2.05, 4.69) is 10.5 Å². The Bertz CT molecular complexity index is 668. The monoisotopic (exact) mass is 318 g/mol. The Balaban J connectivity index is 1.75. The molecule has 1 fully saturated rings. The fourth-order valence-corrected chi connectivity index (χ4v) is 3.14. The molecule has 1 aromatic heterocycles. The van der Waals surface area contributed by atoms with Crippen LogP contribution >= 0.6 is 11.6 Å². The van der Waals surface area contributed by atoms with Crippen LogP contribution in [-0.4, -0.2) is 11.1 Å². The van der Waals surface area contributed by atoms with Gasteiger partial charge in [-0.1, -0.05) is 28.9 Å². The number of nitrogens with zero attached hydrogens (tertiary/aromatic N) is 1. The molecule has 1 aromatic carbocycles. The highest BCUT2D eigenvalue weighted by molar-refractivity contribution is 6.30. The number of carbonyl (C=O) groups is 1. The van der Waals surface area contributed by atoms with Crippen molar-refractivity contribution < 1.29 is 9.32 Å². The number of rotatable bonds is 4. The molecule has 0 atom stereocenters. The van der Waals surface area contributed by atoms with Crippen LogP contribution in [0.2, 0.25) is 5.02 Å². The summed E-state index contributed by atoms with van der Waals surface area (Å²) in [4.78, 5) is 12.5. The number of hydrogen-bond donors (Lipinski definition) is 1. The normalized spacial score (nSPS) is 16.1. The van der Waals surface area contributed by atoms with Gasteiger partial charge in [-0.25, -0.2) is 0 Å². The molecule has 1 aliphatic carbocycles. The fourth-order valence-electron chi connectivity index (χ4n) is 3.01. The molecule has 4 nitrogen and oxygen atoms in total. The van der Waals surface area contributed by atoms with Crippen molar-refractivity contribution in [2.45, 2.75) is 45.1 Å². The molecule has 1 aliphatic rings. The van der Waals surface area contributed by atoms with E-state index >= 15 is 0 Å². The predicted octanol–water partition coefficient (Wildman–Crippen LogP) is 3.68. The van der Waals surface area contributed by atoms with Gasteiger partial charge in [-0.3, -0.25) is 4.79 Å². The zero-order valence-electron chi connectivity index (χ0n) is 12.8. The third-order valence-corrected chi connectivity index (χ3v) is 4.75. The molecule has 116 valence electrons. The molecule has 0 aliphatic heterocycles. The fraction of sp³-hybridized carbons (Fsp3) is 0.412. The first-order valence-electron chi connectivity index (χ1n) is 7.49. The maximum atomic E-state index is 12.5. The first-order chi connectivity index (χ1) is 10.5. The number of carbonyl (C=O) groups excluding carboxylic acids is 1. The second-order valence-electron chi connectivity index (χ2n) is 5.97. The SMILES string of the molecule is Cc1noc(C)c1CC(=O)NC1(c2ccc(Cl)cc2)CCC1. The molecule has 3 rings (SSSR count). The molecular formula is C17H19ClN2O2. The van der Waals surface area contributed by atoms with E-state index in [9.17, 15) is 4.79 Å². The summed E-state index contributed by atoms with van der Waals surface area (Å²) in [6.07, 6.45) is 3.34. The largest absolute Gasteiger partial charge is 0.361 e. The van der Waals surface area contributed by atoms with Gasteiger partial charge in [-0.05, 0) is 50.8 Å². The molecule has 1 amide bonds. The van der Waals surface area contributed by atoms with Crippen LogP contribution in [0.25, 0.3) is 0 Å². The predicted molar refractivity (Wildman–Crippen MR) is 84.8 cm³/mol. The van der Waals surface area contributed by atoms with Gasteiger partial charge in [0.1, 0.15) is 5.76 Å². The summed E-state index contributed by atoms with van der Waals surface area (Å²) >= 11 is 5.95. The second-order valence-corrected chi connectivity index (χ2v) is 6.41. The molecule has 5 heteroatoms. The Morgan fingerprint density at radius 2 is 2.00 bits per heavy atom. The topological polar surface area (TPSA) is 55.1 Å². The Morgan fingerprint density at radius 3 is 2.50 bits per heavy atom. The van der Waals surface area contributed by atoms with E-state index in [1.165, 1.54) is 0 Å². The van der Waals surface area contributed by atoms with Gasteiger partial charge in [0.25, 0.3) is 0 Å². The minimum atomic E-state index is -0.249. The van der Waals surface area contributed by atoms with Gasteiger partial charge in [0, 0.05) is 10.6 Å². The average molecular weight is 319 g/mol. The molecule has 0 bridgehead atoms. The van der Waals surface area contributed by atoms with Crippen molar-refractivity contribution in [1.82, 2.24) is 10.5 Å². The van der Waals surface area contributed by atoms with Crippen molar-refractivity contribution in [2.24, 2.45) is 0 Å². The van der Waals surface area contributed by atoms with E-state index in [0.29, 0.717) is 17.2 Å². The Morgan fingerprint density at radius 1 is 1.32 bits per heavy atom. The summed E-state index contributed by atoms with van der Waals surface area (Å²) in [5.74, 6) is 0.714. The van der Waals surface area contributed by atoms with Crippen LogP contribution in [0.3, 0.4) is 0 Å². The van der Waals surface area contributed by atoms with E-state index in [4.69, 9.17) is 16.1 Å². The molecule has 1 saturated carbocycles. The van der Waals surface area contributed by atoms with Crippen LogP contribution in [0.4, 0.5) is 0 Å². The molecule has 0 radical (unpaired) electrons. The minimum absolute atomic E-state index is 0.00375. The number of hydrogen-bond acceptors (Lipinski definition) is 3. The summed E-state index contributed by atoms with van der Waals surface area (Å²) < 4.78 is 5.12.